The number of rotatable bonds is 2. The third kappa shape index (κ3) is 2.05. The minimum Gasteiger partial charge on any atom is -0.394 e. The van der Waals surface area contributed by atoms with E-state index in [9.17, 15) is 15.0 Å². The van der Waals surface area contributed by atoms with Crippen molar-refractivity contribution in [3.8, 4) is 0 Å². The van der Waals surface area contributed by atoms with Crippen molar-refractivity contribution in [1.29, 1.82) is 0 Å². The van der Waals surface area contributed by atoms with E-state index in [1.807, 2.05) is 0 Å². The lowest BCUT2D eigenvalue weighted by atomic mass is 10.1. The normalized spacial score (nSPS) is 37.5. The molecule has 4 N–H and O–H groups in total. The highest BCUT2D eigenvalue weighted by molar-refractivity contribution is 5.89. The van der Waals surface area contributed by atoms with Gasteiger partial charge in [-0.15, -0.1) is 0 Å². The molecule has 2 rings (SSSR count). The van der Waals surface area contributed by atoms with Gasteiger partial charge in [-0.1, -0.05) is 6.58 Å². The maximum Gasteiger partial charge on any atom is 0.250 e. The summed E-state index contributed by atoms with van der Waals surface area (Å²) in [7, 11) is 0. The smallest absolute Gasteiger partial charge is 0.250 e. The zero-order valence-corrected chi connectivity index (χ0v) is 8.98. The average Bonchev–Trinajstić information content (AvgIpc) is 2.57. The van der Waals surface area contributed by atoms with Crippen molar-refractivity contribution in [2.75, 3.05) is 6.61 Å². The fourth-order valence-electron chi connectivity index (χ4n) is 1.83. The van der Waals surface area contributed by atoms with Crippen molar-refractivity contribution in [2.45, 2.75) is 24.5 Å². The molecule has 0 saturated carbocycles. The van der Waals surface area contributed by atoms with Gasteiger partial charge in [0.1, 0.15) is 24.1 Å². The van der Waals surface area contributed by atoms with Crippen LogP contribution in [-0.2, 0) is 9.53 Å². The van der Waals surface area contributed by atoms with Gasteiger partial charge in [-0.3, -0.25) is 4.79 Å². The molecule has 2 aliphatic rings. The van der Waals surface area contributed by atoms with Gasteiger partial charge in [0.15, 0.2) is 6.23 Å². The van der Waals surface area contributed by atoms with Crippen LogP contribution < -0.4 is 5.32 Å². The highest BCUT2D eigenvalue weighted by Gasteiger charge is 2.45. The van der Waals surface area contributed by atoms with Crippen LogP contribution in [-0.4, -0.2) is 57.3 Å². The zero-order valence-electron chi connectivity index (χ0n) is 8.98. The minimum absolute atomic E-state index is 0.243. The van der Waals surface area contributed by atoms with Crippen LogP contribution in [0.3, 0.4) is 0 Å². The first-order chi connectivity index (χ1) is 8.04. The Labute approximate surface area is 97.6 Å². The molecule has 1 saturated heterocycles. The summed E-state index contributed by atoms with van der Waals surface area (Å²) in [5, 5.41) is 30.8. The number of ether oxygens (including phenoxy) is 1. The lowest BCUT2D eigenvalue weighted by Gasteiger charge is -2.32. The summed E-state index contributed by atoms with van der Waals surface area (Å²) in [5.74, 6) is -0.0784. The van der Waals surface area contributed by atoms with Crippen LogP contribution in [0, 0.1) is 0 Å². The van der Waals surface area contributed by atoms with Crippen LogP contribution in [0.1, 0.15) is 0 Å². The van der Waals surface area contributed by atoms with Crippen molar-refractivity contribution in [3.63, 3.8) is 0 Å². The highest BCUT2D eigenvalue weighted by Crippen LogP contribution is 2.26. The SMILES string of the molecule is C=C1NC(=O)C=CN1[C@@H]1O[C@H](CO)[C@@H](O)[C@H]1O. The predicted octanol–water partition coefficient (Wildman–Crippen LogP) is -2.16. The lowest BCUT2D eigenvalue weighted by molar-refractivity contribution is -0.118. The van der Waals surface area contributed by atoms with Gasteiger partial charge < -0.3 is 30.3 Å². The minimum atomic E-state index is -1.19. The summed E-state index contributed by atoms with van der Waals surface area (Å²) in [6, 6.07) is 0. The summed E-state index contributed by atoms with van der Waals surface area (Å²) in [4.78, 5) is 12.4. The Bertz CT molecular complexity index is 370. The molecule has 0 bridgehead atoms. The molecule has 2 aliphatic heterocycles. The molecule has 17 heavy (non-hydrogen) atoms. The van der Waals surface area contributed by atoms with Gasteiger partial charge in [0.2, 0.25) is 0 Å². The third-order valence-corrected chi connectivity index (χ3v) is 2.76. The van der Waals surface area contributed by atoms with Gasteiger partial charge in [0, 0.05) is 12.3 Å². The molecule has 0 aromatic rings. The summed E-state index contributed by atoms with van der Waals surface area (Å²) < 4.78 is 5.29. The molecule has 0 radical (unpaired) electrons. The Kier molecular flexibility index (Phi) is 3.16. The Hall–Kier alpha value is -1.41. The van der Waals surface area contributed by atoms with Gasteiger partial charge in [-0.25, -0.2) is 0 Å². The van der Waals surface area contributed by atoms with E-state index in [0.29, 0.717) is 0 Å². The zero-order chi connectivity index (χ0) is 12.6. The molecule has 1 fully saturated rings. The molecule has 0 spiro atoms. The van der Waals surface area contributed by atoms with Crippen LogP contribution in [0.5, 0.6) is 0 Å². The molecule has 7 nitrogen and oxygen atoms in total. The monoisotopic (exact) mass is 242 g/mol. The molecule has 0 aliphatic carbocycles. The number of amides is 1. The van der Waals surface area contributed by atoms with Crippen molar-refractivity contribution in [2.24, 2.45) is 0 Å². The van der Waals surface area contributed by atoms with E-state index >= 15 is 0 Å². The number of aliphatic hydroxyl groups excluding tert-OH is 3. The molecule has 0 aromatic carbocycles. The Morgan fingerprint density at radius 1 is 1.47 bits per heavy atom. The molecule has 4 atom stereocenters. The standard InChI is InChI=1S/C10H14N2O5/c1-5-11-7(14)2-3-12(5)10-9(16)8(15)6(4-13)17-10/h2-3,6,8-10,13,15-16H,1,4H2,(H,11,14)/t6-,8-,9-,10-/m1/s1. The Morgan fingerprint density at radius 3 is 2.71 bits per heavy atom. The van der Waals surface area contributed by atoms with E-state index in [0.717, 1.165) is 0 Å². The molecule has 2 heterocycles. The fourth-order valence-corrected chi connectivity index (χ4v) is 1.83. The average molecular weight is 242 g/mol. The first-order valence-corrected chi connectivity index (χ1v) is 5.13. The summed E-state index contributed by atoms with van der Waals surface area (Å²) in [5.41, 5.74) is 0. The van der Waals surface area contributed by atoms with E-state index in [4.69, 9.17) is 9.84 Å². The summed E-state index contributed by atoms with van der Waals surface area (Å²) in [6.07, 6.45) is -1.45. The van der Waals surface area contributed by atoms with E-state index in [1.54, 1.807) is 0 Å². The van der Waals surface area contributed by atoms with Gasteiger partial charge in [0.25, 0.3) is 5.91 Å². The quantitative estimate of drug-likeness (QED) is 0.440. The molecule has 0 aromatic heterocycles. The first-order valence-electron chi connectivity index (χ1n) is 5.13. The van der Waals surface area contributed by atoms with Gasteiger partial charge >= 0.3 is 0 Å². The number of aliphatic hydroxyl groups is 3. The van der Waals surface area contributed by atoms with E-state index in [1.165, 1.54) is 17.2 Å². The predicted molar refractivity (Wildman–Crippen MR) is 56.0 cm³/mol. The Morgan fingerprint density at radius 2 is 2.18 bits per heavy atom. The number of carbonyl (C=O) groups is 1. The number of nitrogens with zero attached hydrogens (tertiary/aromatic N) is 1. The summed E-state index contributed by atoms with van der Waals surface area (Å²) >= 11 is 0. The highest BCUT2D eigenvalue weighted by atomic mass is 16.6. The molecule has 7 heteroatoms. The summed E-state index contributed by atoms with van der Waals surface area (Å²) in [6.45, 7) is 3.21. The van der Waals surface area contributed by atoms with Crippen LogP contribution in [0.2, 0.25) is 0 Å². The van der Waals surface area contributed by atoms with Crippen molar-refractivity contribution in [1.82, 2.24) is 10.2 Å². The maximum atomic E-state index is 11.0. The lowest BCUT2D eigenvalue weighted by Crippen LogP contribution is -2.46. The fraction of sp³-hybridized carbons (Fsp3) is 0.500. The second-order valence-electron chi connectivity index (χ2n) is 3.89. The van der Waals surface area contributed by atoms with Gasteiger partial charge in [-0.05, 0) is 0 Å². The molecular weight excluding hydrogens is 228 g/mol. The molecule has 1 amide bonds. The third-order valence-electron chi connectivity index (χ3n) is 2.76. The molecular formula is C10H14N2O5. The van der Waals surface area contributed by atoms with Crippen LogP contribution >= 0.6 is 0 Å². The number of hydrogen-bond acceptors (Lipinski definition) is 6. The van der Waals surface area contributed by atoms with Crippen LogP contribution in [0.25, 0.3) is 0 Å². The number of carbonyl (C=O) groups excluding carboxylic acids is 1. The van der Waals surface area contributed by atoms with Crippen molar-refractivity contribution in [3.05, 3.63) is 24.7 Å². The van der Waals surface area contributed by atoms with E-state index in [-0.39, 0.29) is 11.7 Å². The second kappa shape index (κ2) is 4.46. The van der Waals surface area contributed by atoms with Crippen LogP contribution in [0.15, 0.2) is 24.7 Å². The largest absolute Gasteiger partial charge is 0.394 e. The van der Waals surface area contributed by atoms with E-state index in [2.05, 4.69) is 11.9 Å². The Balaban J connectivity index is 2.16. The maximum absolute atomic E-state index is 11.0. The van der Waals surface area contributed by atoms with Crippen molar-refractivity contribution < 1.29 is 24.9 Å². The van der Waals surface area contributed by atoms with Crippen LogP contribution in [0.4, 0.5) is 0 Å². The first kappa shape index (κ1) is 12.1. The van der Waals surface area contributed by atoms with Crippen molar-refractivity contribution >= 4 is 5.91 Å². The van der Waals surface area contributed by atoms with Gasteiger partial charge in [-0.2, -0.15) is 0 Å². The number of nitrogens with one attached hydrogen (secondary N) is 1. The molecule has 0 unspecified atom stereocenters. The molecule has 94 valence electrons. The van der Waals surface area contributed by atoms with Gasteiger partial charge in [0.05, 0.1) is 6.61 Å². The number of hydrogen-bond donors (Lipinski definition) is 4. The van der Waals surface area contributed by atoms with E-state index < -0.39 is 31.1 Å². The topological polar surface area (TPSA) is 102 Å². The second-order valence-corrected chi connectivity index (χ2v) is 3.89.